The predicted molar refractivity (Wildman–Crippen MR) is 108 cm³/mol. The van der Waals surface area contributed by atoms with Crippen molar-refractivity contribution in [3.8, 4) is 0 Å². The molecule has 1 aliphatic rings. The molecular formula is C17H30ClNO7SSi. The summed E-state index contributed by atoms with van der Waals surface area (Å²) in [6.45, 7) is 12.2. The van der Waals surface area contributed by atoms with E-state index in [1.807, 2.05) is 0 Å². The van der Waals surface area contributed by atoms with Gasteiger partial charge in [0.1, 0.15) is 11.3 Å². The van der Waals surface area contributed by atoms with E-state index in [1.54, 1.807) is 0 Å². The predicted octanol–water partition coefficient (Wildman–Crippen LogP) is 2.80. The molecule has 0 spiro atoms. The minimum absolute atomic E-state index is 0.0455. The molecule has 0 aromatic heterocycles. The van der Waals surface area contributed by atoms with E-state index in [4.69, 9.17) is 20.2 Å². The van der Waals surface area contributed by atoms with E-state index in [1.165, 1.54) is 6.92 Å². The summed E-state index contributed by atoms with van der Waals surface area (Å²) in [5.41, 5.74) is -1.15. The second kappa shape index (κ2) is 8.72. The molecule has 0 unspecified atom stereocenters. The zero-order valence-electron chi connectivity index (χ0n) is 17.7. The van der Waals surface area contributed by atoms with Crippen molar-refractivity contribution in [3.05, 3.63) is 11.5 Å². The summed E-state index contributed by atoms with van der Waals surface area (Å²) in [6.07, 6.45) is 1.24. The Balaban J connectivity index is 2.91. The van der Waals surface area contributed by atoms with E-state index in [2.05, 4.69) is 38.6 Å². The summed E-state index contributed by atoms with van der Waals surface area (Å²) in [6, 6.07) is 0. The van der Waals surface area contributed by atoms with Gasteiger partial charge in [-0.1, -0.05) is 32.4 Å². The Kier molecular flexibility index (Phi) is 7.77. The molecule has 0 aliphatic carbocycles. The van der Waals surface area contributed by atoms with Crippen LogP contribution < -0.4 is 0 Å². The zero-order valence-corrected chi connectivity index (χ0v) is 20.2. The summed E-state index contributed by atoms with van der Waals surface area (Å²) in [7, 11) is -4.71. The number of ether oxygens (including phenoxy) is 1. The second-order valence-corrected chi connectivity index (χ2v) is 15.1. The summed E-state index contributed by atoms with van der Waals surface area (Å²) in [4.78, 5) is 25.7. The highest BCUT2D eigenvalue weighted by molar-refractivity contribution is 7.86. The van der Waals surface area contributed by atoms with E-state index in [-0.39, 0.29) is 16.5 Å². The number of carbonyl (C=O) groups excluding carboxylic acids is 2. The summed E-state index contributed by atoms with van der Waals surface area (Å²) in [5, 5.41) is 0.0455. The van der Waals surface area contributed by atoms with Crippen LogP contribution in [-0.4, -0.2) is 59.0 Å². The van der Waals surface area contributed by atoms with Crippen LogP contribution in [0.5, 0.6) is 0 Å². The molecule has 0 aromatic rings. The van der Waals surface area contributed by atoms with Gasteiger partial charge in [-0.05, 0) is 31.5 Å². The number of carbonyl (C=O) groups is 2. The van der Waals surface area contributed by atoms with Gasteiger partial charge in [0.15, 0.2) is 14.0 Å². The lowest BCUT2D eigenvalue weighted by atomic mass is 9.94. The Hall–Kier alpha value is -1.10. The van der Waals surface area contributed by atoms with Crippen LogP contribution in [-0.2, 0) is 33.1 Å². The molecule has 162 valence electrons. The third-order valence-corrected chi connectivity index (χ3v) is 10.7. The summed E-state index contributed by atoms with van der Waals surface area (Å²) >= 11 is 6.34. The molecule has 1 heterocycles. The number of likely N-dealkylation sites (tertiary alicyclic amines) is 1. The van der Waals surface area contributed by atoms with Crippen molar-refractivity contribution in [1.82, 2.24) is 4.90 Å². The van der Waals surface area contributed by atoms with Gasteiger partial charge in [0, 0.05) is 6.61 Å². The van der Waals surface area contributed by atoms with Crippen LogP contribution in [0.4, 0.5) is 0 Å². The maximum absolute atomic E-state index is 12.6. The number of allylic oxidation sites excluding steroid dienone is 1. The fraction of sp³-hybridized carbons (Fsp3) is 0.765. The van der Waals surface area contributed by atoms with E-state index in [0.29, 0.717) is 13.0 Å². The van der Waals surface area contributed by atoms with Crippen LogP contribution >= 0.6 is 11.6 Å². The quantitative estimate of drug-likeness (QED) is 0.0810. The Morgan fingerprint density at radius 1 is 1.29 bits per heavy atom. The van der Waals surface area contributed by atoms with Crippen molar-refractivity contribution < 1.29 is 31.4 Å². The molecule has 0 saturated carbocycles. The number of alkyl halides is 1. The highest BCUT2D eigenvalue weighted by atomic mass is 35.5. The molecule has 8 nitrogen and oxygen atoms in total. The number of halogens is 1. The van der Waals surface area contributed by atoms with Gasteiger partial charge in [0.2, 0.25) is 5.91 Å². The molecule has 1 saturated heterocycles. The number of hydrogen-bond acceptors (Lipinski definition) is 7. The number of rotatable bonds is 8. The number of β-lactam (4-membered cyclic amide) rings is 1. The van der Waals surface area contributed by atoms with Crippen molar-refractivity contribution in [3.63, 3.8) is 0 Å². The van der Waals surface area contributed by atoms with Crippen LogP contribution in [0.25, 0.3) is 0 Å². The lowest BCUT2D eigenvalue weighted by molar-refractivity contribution is -0.154. The van der Waals surface area contributed by atoms with Gasteiger partial charge in [0.05, 0.1) is 19.3 Å². The van der Waals surface area contributed by atoms with Gasteiger partial charge in [-0.3, -0.25) is 9.69 Å². The molecular weight excluding hydrogens is 426 g/mol. The number of nitrogens with zero attached hydrogens (tertiary/aromatic N) is 1. The molecule has 11 heteroatoms. The van der Waals surface area contributed by atoms with E-state index < -0.39 is 41.7 Å². The average Bonchev–Trinajstić information content (AvgIpc) is 2.52. The fourth-order valence-corrected chi connectivity index (χ4v) is 4.46. The van der Waals surface area contributed by atoms with Crippen LogP contribution in [0.3, 0.4) is 0 Å². The minimum atomic E-state index is -3.88. The highest BCUT2D eigenvalue weighted by Gasteiger charge is 2.50. The van der Waals surface area contributed by atoms with Gasteiger partial charge in [-0.25, -0.2) is 4.79 Å². The van der Waals surface area contributed by atoms with Crippen LogP contribution in [0.2, 0.25) is 18.1 Å². The van der Waals surface area contributed by atoms with Crippen molar-refractivity contribution in [1.29, 1.82) is 0 Å². The Morgan fingerprint density at radius 2 is 1.82 bits per heavy atom. The first-order valence-corrected chi connectivity index (χ1v) is 14.0. The largest absolute Gasteiger partial charge is 0.464 e. The molecule has 0 aromatic carbocycles. The maximum Gasteiger partial charge on any atom is 0.358 e. The molecule has 1 aliphatic heterocycles. The van der Waals surface area contributed by atoms with Gasteiger partial charge in [-0.15, -0.1) is 0 Å². The van der Waals surface area contributed by atoms with Gasteiger partial charge < -0.3 is 13.3 Å². The summed E-state index contributed by atoms with van der Waals surface area (Å²) in [5.74, 6) is -2.13. The maximum atomic E-state index is 12.6. The van der Waals surface area contributed by atoms with Crippen LogP contribution in [0.15, 0.2) is 11.5 Å². The second-order valence-electron chi connectivity index (χ2n) is 8.27. The first-order valence-electron chi connectivity index (χ1n) is 8.83. The van der Waals surface area contributed by atoms with E-state index in [9.17, 15) is 18.0 Å². The van der Waals surface area contributed by atoms with E-state index in [0.717, 1.165) is 18.3 Å². The Labute approximate surface area is 173 Å². The van der Waals surface area contributed by atoms with Gasteiger partial charge in [0.25, 0.3) is 0 Å². The summed E-state index contributed by atoms with van der Waals surface area (Å²) < 4.78 is 38.2. The smallest absolute Gasteiger partial charge is 0.358 e. The van der Waals surface area contributed by atoms with Crippen LogP contribution in [0.1, 0.15) is 34.1 Å². The first kappa shape index (κ1) is 24.9. The average molecular weight is 456 g/mol. The number of amides is 1. The third kappa shape index (κ3) is 5.71. The van der Waals surface area contributed by atoms with Crippen molar-refractivity contribution >= 4 is 41.9 Å². The molecule has 1 fully saturated rings. The molecule has 2 atom stereocenters. The Bertz CT molecular complexity index is 758. The monoisotopic (exact) mass is 455 g/mol. The normalized spacial score (nSPS) is 21.8. The number of esters is 1. The molecule has 0 bridgehead atoms. The van der Waals surface area contributed by atoms with Crippen molar-refractivity contribution in [2.75, 3.05) is 20.0 Å². The fourth-order valence-electron chi connectivity index (χ4n) is 2.44. The van der Waals surface area contributed by atoms with E-state index >= 15 is 0 Å². The highest BCUT2D eigenvalue weighted by Crippen LogP contribution is 2.39. The van der Waals surface area contributed by atoms with Gasteiger partial charge in [-0.2, -0.15) is 8.42 Å². The SMILES string of the molecule is COC(=O)/C(=C(/C)OS(C)(=O)=O)N1C(=O)[C@H](CCO[Si](C)(C)C(C)(C)C)[C@H]1Cl. The first-order chi connectivity index (χ1) is 12.5. The Morgan fingerprint density at radius 3 is 2.21 bits per heavy atom. The molecule has 0 N–H and O–H groups in total. The zero-order chi connectivity index (χ0) is 22.1. The number of hydrogen-bond donors (Lipinski definition) is 0. The topological polar surface area (TPSA) is 99.2 Å². The standard InChI is InChI=1S/C17H30ClNO7SSi/c1-11(26-27(6,22)23)13(16(21)24-5)19-14(18)12(15(19)20)9-10-25-28(7,8)17(2,3)4/h12,14H,9-10H2,1-8H3/b13-11+/t12-,14+/m1/s1. The number of methoxy groups -OCH3 is 1. The van der Waals surface area contributed by atoms with Crippen LogP contribution in [0, 0.1) is 5.92 Å². The van der Waals surface area contributed by atoms with Crippen molar-refractivity contribution in [2.45, 2.75) is 57.7 Å². The van der Waals surface area contributed by atoms with Gasteiger partial charge >= 0.3 is 16.1 Å². The lowest BCUT2D eigenvalue weighted by Crippen LogP contribution is -2.59. The van der Waals surface area contributed by atoms with Crippen molar-refractivity contribution in [2.24, 2.45) is 5.92 Å². The molecule has 28 heavy (non-hydrogen) atoms. The molecule has 0 radical (unpaired) electrons. The minimum Gasteiger partial charge on any atom is -0.464 e. The molecule has 1 amide bonds. The lowest BCUT2D eigenvalue weighted by Gasteiger charge is -2.44. The molecule has 1 rings (SSSR count). The third-order valence-electron chi connectivity index (χ3n) is 5.06.